The van der Waals surface area contributed by atoms with E-state index in [2.05, 4.69) is 20.9 Å². The van der Waals surface area contributed by atoms with Crippen LogP contribution >= 0.6 is 0 Å². The number of nitrogens with one attached hydrogen (secondary N) is 3. The topological polar surface area (TPSA) is 113 Å². The number of carbonyl (C=O) groups is 2. The molecule has 0 aliphatic rings. The molecule has 0 saturated heterocycles. The molecule has 0 radical (unpaired) electrons. The minimum atomic E-state index is -0.866. The molecule has 2 amide bonds. The summed E-state index contributed by atoms with van der Waals surface area (Å²) in [7, 11) is 0. The first kappa shape index (κ1) is 27.9. The number of benzene rings is 2. The van der Waals surface area contributed by atoms with Gasteiger partial charge in [-0.25, -0.2) is 18.6 Å². The van der Waals surface area contributed by atoms with Crippen LogP contribution in [0.15, 0.2) is 54.7 Å². The second-order valence-corrected chi connectivity index (χ2v) is 9.45. The Hall–Kier alpha value is -3.63. The summed E-state index contributed by atoms with van der Waals surface area (Å²) in [4.78, 5) is 29.0. The molecular weight excluding hydrogens is 482 g/mol. The molecule has 3 aromatic rings. The molecule has 1 atom stereocenters. The number of aromatic nitrogens is 1. The van der Waals surface area contributed by atoms with Crippen LogP contribution in [0, 0.1) is 11.6 Å². The van der Waals surface area contributed by atoms with E-state index in [1.165, 1.54) is 6.07 Å². The number of ether oxygens (including phenoxy) is 1. The van der Waals surface area contributed by atoms with Gasteiger partial charge in [-0.2, -0.15) is 0 Å². The van der Waals surface area contributed by atoms with Gasteiger partial charge in [0.1, 0.15) is 24.1 Å². The van der Waals surface area contributed by atoms with Crippen LogP contribution in [0.4, 0.5) is 19.4 Å². The summed E-state index contributed by atoms with van der Waals surface area (Å²) in [6.45, 7) is 3.22. The van der Waals surface area contributed by atoms with E-state index in [0.29, 0.717) is 25.1 Å². The first-order valence-electron chi connectivity index (χ1n) is 12.0. The van der Waals surface area contributed by atoms with Gasteiger partial charge in [-0.05, 0) is 50.6 Å². The van der Waals surface area contributed by atoms with Gasteiger partial charge in [0.05, 0.1) is 18.2 Å². The summed E-state index contributed by atoms with van der Waals surface area (Å²) in [5.74, 6) is -1.41. The van der Waals surface area contributed by atoms with E-state index in [0.717, 1.165) is 22.9 Å². The molecule has 0 aliphatic heterocycles. The summed E-state index contributed by atoms with van der Waals surface area (Å²) < 4.78 is 32.1. The minimum Gasteiger partial charge on any atom is -0.447 e. The van der Waals surface area contributed by atoms with Crippen LogP contribution in [-0.2, 0) is 16.1 Å². The highest BCUT2D eigenvalue weighted by Crippen LogP contribution is 2.17. The van der Waals surface area contributed by atoms with Gasteiger partial charge in [-0.1, -0.05) is 30.3 Å². The van der Waals surface area contributed by atoms with E-state index in [1.807, 2.05) is 24.3 Å². The molecule has 0 bridgehead atoms. The molecule has 1 aromatic heterocycles. The molecule has 0 fully saturated rings. The van der Waals surface area contributed by atoms with E-state index in [1.54, 1.807) is 26.1 Å². The van der Waals surface area contributed by atoms with E-state index in [-0.39, 0.29) is 31.2 Å². The van der Waals surface area contributed by atoms with Crippen LogP contribution < -0.4 is 16.0 Å². The Morgan fingerprint density at radius 2 is 1.86 bits per heavy atom. The average Bonchev–Trinajstić information content (AvgIpc) is 2.83. The van der Waals surface area contributed by atoms with Gasteiger partial charge in [0.2, 0.25) is 5.91 Å². The van der Waals surface area contributed by atoms with E-state index in [9.17, 15) is 23.5 Å². The van der Waals surface area contributed by atoms with Crippen LogP contribution in [0.2, 0.25) is 0 Å². The fourth-order valence-corrected chi connectivity index (χ4v) is 3.70. The largest absolute Gasteiger partial charge is 0.447 e. The number of nitrogens with zero attached hydrogens (tertiary/aromatic N) is 1. The summed E-state index contributed by atoms with van der Waals surface area (Å²) in [6, 6.07) is 12.1. The van der Waals surface area contributed by atoms with Crippen LogP contribution in [0.5, 0.6) is 0 Å². The number of pyridine rings is 1. The van der Waals surface area contributed by atoms with Crippen molar-refractivity contribution >= 4 is 28.6 Å². The van der Waals surface area contributed by atoms with Gasteiger partial charge in [-0.3, -0.25) is 10.1 Å². The number of carbonyl (C=O) groups excluding carboxylic acids is 2. The molecule has 3 rings (SSSR count). The smallest absolute Gasteiger partial charge is 0.412 e. The van der Waals surface area contributed by atoms with Crippen molar-refractivity contribution in [2.45, 2.75) is 51.3 Å². The van der Waals surface area contributed by atoms with Gasteiger partial charge < -0.3 is 20.5 Å². The Bertz CT molecular complexity index is 1220. The zero-order valence-corrected chi connectivity index (χ0v) is 20.9. The van der Waals surface area contributed by atoms with Crippen molar-refractivity contribution in [3.63, 3.8) is 0 Å². The number of amides is 2. The van der Waals surface area contributed by atoms with E-state index < -0.39 is 29.4 Å². The Morgan fingerprint density at radius 3 is 2.59 bits per heavy atom. The van der Waals surface area contributed by atoms with Crippen molar-refractivity contribution in [3.8, 4) is 0 Å². The lowest BCUT2D eigenvalue weighted by Crippen LogP contribution is -2.43. The maximum atomic E-state index is 13.8. The van der Waals surface area contributed by atoms with Gasteiger partial charge in [-0.15, -0.1) is 0 Å². The van der Waals surface area contributed by atoms with Crippen molar-refractivity contribution in [1.82, 2.24) is 15.6 Å². The molecule has 10 heteroatoms. The molecule has 37 heavy (non-hydrogen) atoms. The lowest BCUT2D eigenvalue weighted by molar-refractivity contribution is -0.121. The standard InChI is InChI=1S/C27H32F2N4O4/c1-27(2,36)11-5-8-22(32-25(34)16-30-14-20-9-10-21(28)13-23(20)29)17-37-26(35)33-24-12-18-6-3-4-7-19(18)15-31-24/h3-4,6-7,9-10,12-13,15,22,30,36H,5,8,11,14,16-17H2,1-2H3,(H,32,34)(H,31,33,35)/t22-/m0/s1. The Balaban J connectivity index is 1.50. The van der Waals surface area contributed by atoms with Crippen LogP contribution in [-0.4, -0.2) is 46.9 Å². The molecular formula is C27H32F2N4O4. The van der Waals surface area contributed by atoms with Gasteiger partial charge in [0.25, 0.3) is 0 Å². The average molecular weight is 515 g/mol. The zero-order chi connectivity index (χ0) is 26.8. The number of hydrogen-bond acceptors (Lipinski definition) is 6. The lowest BCUT2D eigenvalue weighted by Gasteiger charge is -2.22. The van der Waals surface area contributed by atoms with Crippen LogP contribution in [0.1, 0.15) is 38.7 Å². The summed E-state index contributed by atoms with van der Waals surface area (Å²) in [5.41, 5.74) is -0.631. The molecule has 0 aliphatic carbocycles. The number of rotatable bonds is 12. The predicted molar refractivity (Wildman–Crippen MR) is 137 cm³/mol. The van der Waals surface area contributed by atoms with E-state index in [4.69, 9.17) is 4.74 Å². The number of aliphatic hydroxyl groups is 1. The third kappa shape index (κ3) is 9.74. The molecule has 2 aromatic carbocycles. The number of anilines is 1. The molecule has 0 unspecified atom stereocenters. The molecule has 8 nitrogen and oxygen atoms in total. The monoisotopic (exact) mass is 514 g/mol. The highest BCUT2D eigenvalue weighted by Gasteiger charge is 2.18. The Morgan fingerprint density at radius 1 is 1.11 bits per heavy atom. The van der Waals surface area contributed by atoms with Gasteiger partial charge in [0.15, 0.2) is 0 Å². The summed E-state index contributed by atoms with van der Waals surface area (Å²) >= 11 is 0. The van der Waals surface area contributed by atoms with Crippen molar-refractivity contribution in [2.24, 2.45) is 0 Å². The normalized spacial score (nSPS) is 12.2. The summed E-state index contributed by atoms with van der Waals surface area (Å²) in [5, 5.41) is 20.0. The van der Waals surface area contributed by atoms with Crippen LogP contribution in [0.3, 0.4) is 0 Å². The Kier molecular flexibility index (Phi) is 9.87. The van der Waals surface area contributed by atoms with Crippen LogP contribution in [0.25, 0.3) is 10.8 Å². The van der Waals surface area contributed by atoms with Crippen molar-refractivity contribution < 1.29 is 28.2 Å². The quantitative estimate of drug-likeness (QED) is 0.287. The maximum absolute atomic E-state index is 13.8. The third-order valence-corrected chi connectivity index (χ3v) is 5.60. The predicted octanol–water partition coefficient (Wildman–Crippen LogP) is 4.28. The first-order chi connectivity index (χ1) is 17.6. The molecule has 0 spiro atoms. The minimum absolute atomic E-state index is 0.0422. The highest BCUT2D eigenvalue weighted by atomic mass is 19.1. The lowest BCUT2D eigenvalue weighted by atomic mass is 9.99. The summed E-state index contributed by atoms with van der Waals surface area (Å²) in [6.07, 6.45) is 2.47. The number of hydrogen-bond donors (Lipinski definition) is 4. The van der Waals surface area contributed by atoms with Gasteiger partial charge >= 0.3 is 6.09 Å². The number of fused-ring (bicyclic) bond motifs is 1. The maximum Gasteiger partial charge on any atom is 0.412 e. The Labute approximate surface area is 214 Å². The molecule has 198 valence electrons. The fourth-order valence-electron chi connectivity index (χ4n) is 3.70. The first-order valence-corrected chi connectivity index (χ1v) is 12.0. The second kappa shape index (κ2) is 13.1. The second-order valence-electron chi connectivity index (χ2n) is 9.45. The number of halogens is 2. The van der Waals surface area contributed by atoms with Crippen molar-refractivity contribution in [2.75, 3.05) is 18.5 Å². The molecule has 0 saturated carbocycles. The fraction of sp³-hybridized carbons (Fsp3) is 0.370. The zero-order valence-electron chi connectivity index (χ0n) is 20.9. The molecule has 1 heterocycles. The molecule has 4 N–H and O–H groups in total. The van der Waals surface area contributed by atoms with Crippen molar-refractivity contribution in [3.05, 3.63) is 71.9 Å². The van der Waals surface area contributed by atoms with E-state index >= 15 is 0 Å². The van der Waals surface area contributed by atoms with Gasteiger partial charge in [0, 0.05) is 29.8 Å². The third-order valence-electron chi connectivity index (χ3n) is 5.60. The van der Waals surface area contributed by atoms with Crippen molar-refractivity contribution in [1.29, 1.82) is 0 Å². The SMILES string of the molecule is CC(C)(O)CCC[C@@H](COC(=O)Nc1cc2ccccc2cn1)NC(=O)CNCc1ccc(F)cc1F. The highest BCUT2D eigenvalue weighted by molar-refractivity contribution is 5.89.